The number of aromatic amines is 1. The van der Waals surface area contributed by atoms with Gasteiger partial charge in [0.25, 0.3) is 17.7 Å². The van der Waals surface area contributed by atoms with Crippen LogP contribution < -0.4 is 16.0 Å². The van der Waals surface area contributed by atoms with Crippen LogP contribution in [0.5, 0.6) is 0 Å². The van der Waals surface area contributed by atoms with Crippen molar-refractivity contribution in [2.24, 2.45) is 4.99 Å². The van der Waals surface area contributed by atoms with Gasteiger partial charge in [-0.15, -0.1) is 0 Å². The summed E-state index contributed by atoms with van der Waals surface area (Å²) in [7, 11) is 0. The lowest BCUT2D eigenvalue weighted by Gasteiger charge is -2.13. The number of nitrogens with zero attached hydrogens (tertiary/aromatic N) is 2. The Balaban J connectivity index is 1.40. The highest BCUT2D eigenvalue weighted by Gasteiger charge is 2.29. The van der Waals surface area contributed by atoms with Crippen molar-refractivity contribution in [3.05, 3.63) is 111 Å². The van der Waals surface area contributed by atoms with Crippen LogP contribution in [0.25, 0.3) is 0 Å². The predicted octanol–water partition coefficient (Wildman–Crippen LogP) is 4.62. The van der Waals surface area contributed by atoms with E-state index in [0.29, 0.717) is 22.0 Å². The first kappa shape index (κ1) is 24.4. The van der Waals surface area contributed by atoms with Gasteiger partial charge in [0, 0.05) is 21.7 Å². The molecule has 11 heteroatoms. The summed E-state index contributed by atoms with van der Waals surface area (Å²) in [5.74, 6) is -1.51. The maximum absolute atomic E-state index is 13.1. The van der Waals surface area contributed by atoms with Crippen molar-refractivity contribution in [1.82, 2.24) is 15.5 Å². The number of fused-ring (bicyclic) bond motifs is 1. The maximum atomic E-state index is 13.1. The van der Waals surface area contributed by atoms with Gasteiger partial charge in [0.05, 0.1) is 15.9 Å². The molecule has 0 aliphatic carbocycles. The normalized spacial score (nSPS) is 14.6. The molecule has 4 aromatic rings. The van der Waals surface area contributed by atoms with E-state index in [9.17, 15) is 14.4 Å². The molecule has 3 aromatic carbocycles. The van der Waals surface area contributed by atoms with Crippen molar-refractivity contribution in [3.63, 3.8) is 0 Å². The number of carbonyl (C=O) groups is 3. The van der Waals surface area contributed by atoms with Crippen molar-refractivity contribution in [2.75, 3.05) is 10.6 Å². The van der Waals surface area contributed by atoms with E-state index in [1.165, 1.54) is 6.07 Å². The quantitative estimate of drug-likeness (QED) is 0.276. The molecule has 0 radical (unpaired) electrons. The second kappa shape index (κ2) is 10.4. The predicted molar refractivity (Wildman–Crippen MR) is 144 cm³/mol. The van der Waals surface area contributed by atoms with Crippen LogP contribution in [0, 0.1) is 0 Å². The number of anilines is 2. The Kier molecular flexibility index (Phi) is 6.85. The number of benzodiazepines with no additional fused rings is 1. The van der Waals surface area contributed by atoms with Gasteiger partial charge in [-0.25, -0.2) is 4.99 Å². The summed E-state index contributed by atoms with van der Waals surface area (Å²) in [6.45, 7) is 0. The number of H-pyrrole nitrogens is 1. The zero-order chi connectivity index (χ0) is 25.9. The van der Waals surface area contributed by atoms with Gasteiger partial charge < -0.3 is 16.0 Å². The van der Waals surface area contributed by atoms with Gasteiger partial charge in [0.1, 0.15) is 5.69 Å². The van der Waals surface area contributed by atoms with E-state index < -0.39 is 23.9 Å². The standard InChI is InChI=1S/C26H18BrClN6O3/c27-19-21(33-34-22(19)31-24(35)15-9-6-10-16(28)13-15)25(36)32-23-26(37)29-18-12-5-4-11-17(18)20(30-23)14-7-2-1-3-8-14/h1-13,23H,(H,29,37)(H,32,36)(H2,31,33,34,35). The summed E-state index contributed by atoms with van der Waals surface area (Å²) >= 11 is 9.26. The average Bonchev–Trinajstić information content (AvgIpc) is 3.20. The van der Waals surface area contributed by atoms with E-state index >= 15 is 0 Å². The first-order chi connectivity index (χ1) is 17.9. The molecule has 0 bridgehead atoms. The lowest BCUT2D eigenvalue weighted by Crippen LogP contribution is -2.42. The number of aromatic nitrogens is 2. The number of rotatable bonds is 5. The van der Waals surface area contributed by atoms with Gasteiger partial charge in [-0.05, 0) is 40.2 Å². The first-order valence-electron chi connectivity index (χ1n) is 11.1. The molecule has 1 aliphatic rings. The molecule has 1 aliphatic heterocycles. The van der Waals surface area contributed by atoms with E-state index in [1.807, 2.05) is 48.5 Å². The zero-order valence-electron chi connectivity index (χ0n) is 19.0. The van der Waals surface area contributed by atoms with Crippen LogP contribution in [0.3, 0.4) is 0 Å². The molecular formula is C26H18BrClN6O3. The summed E-state index contributed by atoms with van der Waals surface area (Å²) in [5.41, 5.74) is 2.99. The third-order valence-corrected chi connectivity index (χ3v) is 6.52. The Hall–Kier alpha value is -4.28. The van der Waals surface area contributed by atoms with Crippen LogP contribution in [-0.2, 0) is 4.79 Å². The molecule has 0 fully saturated rings. The molecule has 9 nitrogen and oxygen atoms in total. The van der Waals surface area contributed by atoms with Crippen LogP contribution in [0.4, 0.5) is 11.5 Å². The largest absolute Gasteiger partial charge is 0.322 e. The number of amides is 3. The molecule has 5 rings (SSSR count). The fraction of sp³-hybridized carbons (Fsp3) is 0.0385. The lowest BCUT2D eigenvalue weighted by molar-refractivity contribution is -0.117. The molecule has 3 amide bonds. The third-order valence-electron chi connectivity index (χ3n) is 5.51. The number of hydrogen-bond donors (Lipinski definition) is 4. The van der Waals surface area contributed by atoms with Gasteiger partial charge in [-0.3, -0.25) is 19.5 Å². The van der Waals surface area contributed by atoms with Crippen LogP contribution in [0.15, 0.2) is 88.3 Å². The molecule has 0 saturated carbocycles. The molecule has 1 unspecified atom stereocenters. The van der Waals surface area contributed by atoms with E-state index in [2.05, 4.69) is 47.1 Å². The highest BCUT2D eigenvalue weighted by Crippen LogP contribution is 2.26. The van der Waals surface area contributed by atoms with Crippen LogP contribution in [0.1, 0.15) is 32.0 Å². The molecule has 0 spiro atoms. The van der Waals surface area contributed by atoms with E-state index in [4.69, 9.17) is 11.6 Å². The topological polar surface area (TPSA) is 128 Å². The zero-order valence-corrected chi connectivity index (χ0v) is 21.3. The first-order valence-corrected chi connectivity index (χ1v) is 12.2. The highest BCUT2D eigenvalue weighted by atomic mass is 79.9. The minimum absolute atomic E-state index is 0.00687. The summed E-state index contributed by atoms with van der Waals surface area (Å²) in [4.78, 5) is 43.3. The summed E-state index contributed by atoms with van der Waals surface area (Å²) in [5, 5.41) is 15.1. The average molecular weight is 578 g/mol. The Morgan fingerprint density at radius 1 is 0.946 bits per heavy atom. The smallest absolute Gasteiger partial charge is 0.272 e. The minimum Gasteiger partial charge on any atom is -0.322 e. The SMILES string of the molecule is O=C(Nc1n[nH]c(C(=O)NC2N=C(c3ccccc3)c3ccccc3NC2=O)c1Br)c1cccc(Cl)c1. The lowest BCUT2D eigenvalue weighted by atomic mass is 10.0. The summed E-state index contributed by atoms with van der Waals surface area (Å²) in [6.07, 6.45) is -1.23. The number of aliphatic imine (C=N–C) groups is 1. The number of nitrogens with one attached hydrogen (secondary N) is 4. The molecular weight excluding hydrogens is 560 g/mol. The fourth-order valence-electron chi connectivity index (χ4n) is 3.75. The molecule has 2 heterocycles. The minimum atomic E-state index is -1.23. The van der Waals surface area contributed by atoms with Crippen molar-refractivity contribution < 1.29 is 14.4 Å². The van der Waals surface area contributed by atoms with Gasteiger partial charge in [-0.2, -0.15) is 5.10 Å². The van der Waals surface area contributed by atoms with Gasteiger partial charge >= 0.3 is 0 Å². The van der Waals surface area contributed by atoms with E-state index in [0.717, 1.165) is 11.1 Å². The van der Waals surface area contributed by atoms with Crippen LogP contribution in [-0.4, -0.2) is 39.8 Å². The Labute approximate surface area is 224 Å². The number of benzene rings is 3. The number of halogens is 2. The van der Waals surface area contributed by atoms with Crippen LogP contribution in [0.2, 0.25) is 5.02 Å². The molecule has 4 N–H and O–H groups in total. The molecule has 1 aromatic heterocycles. The molecule has 1 atom stereocenters. The fourth-order valence-corrected chi connectivity index (χ4v) is 4.40. The van der Waals surface area contributed by atoms with Crippen LogP contribution >= 0.6 is 27.5 Å². The molecule has 184 valence electrons. The third kappa shape index (κ3) is 5.16. The van der Waals surface area contributed by atoms with Crippen molar-refractivity contribution in [3.8, 4) is 0 Å². The van der Waals surface area contributed by atoms with Gasteiger partial charge in [-0.1, -0.05) is 66.2 Å². The summed E-state index contributed by atoms with van der Waals surface area (Å²) < 4.78 is 0.213. The molecule has 37 heavy (non-hydrogen) atoms. The molecule has 0 saturated heterocycles. The second-order valence-electron chi connectivity index (χ2n) is 7.98. The monoisotopic (exact) mass is 576 g/mol. The Bertz CT molecular complexity index is 1550. The second-order valence-corrected chi connectivity index (χ2v) is 9.21. The number of carbonyl (C=O) groups excluding carboxylic acids is 3. The van der Waals surface area contributed by atoms with Crippen molar-refractivity contribution in [1.29, 1.82) is 0 Å². The summed E-state index contributed by atoms with van der Waals surface area (Å²) in [6, 6.07) is 23.1. The van der Waals surface area contributed by atoms with Gasteiger partial charge in [0.2, 0.25) is 6.17 Å². The van der Waals surface area contributed by atoms with Gasteiger partial charge in [0.15, 0.2) is 5.82 Å². The highest BCUT2D eigenvalue weighted by molar-refractivity contribution is 9.10. The van der Waals surface area contributed by atoms with Crippen molar-refractivity contribution >= 4 is 62.5 Å². The number of hydrogen-bond acceptors (Lipinski definition) is 5. The number of para-hydroxylation sites is 1. The maximum Gasteiger partial charge on any atom is 0.272 e. The van der Waals surface area contributed by atoms with E-state index in [-0.39, 0.29) is 16.0 Å². The van der Waals surface area contributed by atoms with E-state index in [1.54, 1.807) is 24.3 Å². The Morgan fingerprint density at radius 3 is 2.49 bits per heavy atom. The Morgan fingerprint density at radius 2 is 1.70 bits per heavy atom. The van der Waals surface area contributed by atoms with Crippen molar-refractivity contribution in [2.45, 2.75) is 6.17 Å².